The summed E-state index contributed by atoms with van der Waals surface area (Å²) in [5, 5.41) is 6.27. The summed E-state index contributed by atoms with van der Waals surface area (Å²) in [7, 11) is 3.69. The molecule has 1 unspecified atom stereocenters. The number of methoxy groups -OCH3 is 1. The lowest BCUT2D eigenvalue weighted by Gasteiger charge is -2.22. The van der Waals surface area contributed by atoms with Crippen LogP contribution in [0.1, 0.15) is 19.3 Å². The van der Waals surface area contributed by atoms with Gasteiger partial charge in [-0.1, -0.05) is 6.42 Å². The van der Waals surface area contributed by atoms with Gasteiger partial charge in [-0.25, -0.2) is 4.98 Å². The van der Waals surface area contributed by atoms with Gasteiger partial charge in [0.05, 0.1) is 12.7 Å². The van der Waals surface area contributed by atoms with Crippen molar-refractivity contribution in [2.45, 2.75) is 25.3 Å². The Hall–Kier alpha value is -2.12. The molecule has 3 aromatic rings. The monoisotopic (exact) mass is 358 g/mol. The molecule has 1 aromatic carbocycles. The molecule has 0 saturated carbocycles. The summed E-state index contributed by atoms with van der Waals surface area (Å²) in [4.78, 5) is 11.4. The van der Waals surface area contributed by atoms with Gasteiger partial charge >= 0.3 is 0 Å². The zero-order valence-electron chi connectivity index (χ0n) is 14.5. The Balaban J connectivity index is 1.77. The summed E-state index contributed by atoms with van der Waals surface area (Å²) in [5.41, 5.74) is 2.52. The van der Waals surface area contributed by atoms with Crippen LogP contribution in [0.4, 0.5) is 6.01 Å². The normalized spacial score (nSPS) is 18.5. The minimum atomic E-state index is 0.463. The minimum absolute atomic E-state index is 0.463. The summed E-state index contributed by atoms with van der Waals surface area (Å²) in [6.45, 7) is 1.88. The number of likely N-dealkylation sites (N-methyl/N-ethyl adjacent to an activating group) is 1. The van der Waals surface area contributed by atoms with Crippen molar-refractivity contribution < 1.29 is 9.15 Å². The third-order valence-electron chi connectivity index (χ3n) is 4.70. The van der Waals surface area contributed by atoms with Crippen LogP contribution in [0.25, 0.3) is 21.7 Å². The molecule has 132 valence electrons. The number of anilines is 1. The zero-order valence-corrected chi connectivity index (χ0v) is 15.3. The molecular weight excluding hydrogens is 336 g/mol. The van der Waals surface area contributed by atoms with Gasteiger partial charge in [0.2, 0.25) is 0 Å². The van der Waals surface area contributed by atoms with Gasteiger partial charge < -0.3 is 19.4 Å². The number of fused-ring (bicyclic) bond motifs is 1. The lowest BCUT2D eigenvalue weighted by atomic mass is 10.1. The van der Waals surface area contributed by atoms with E-state index in [0.717, 1.165) is 46.9 Å². The molecular formula is C18H22N4O2S. The molecule has 0 spiro atoms. The van der Waals surface area contributed by atoms with E-state index in [1.807, 2.05) is 24.6 Å². The molecule has 1 fully saturated rings. The van der Waals surface area contributed by atoms with Crippen molar-refractivity contribution in [1.29, 1.82) is 0 Å². The van der Waals surface area contributed by atoms with Gasteiger partial charge in [-0.15, -0.1) is 11.3 Å². The molecule has 1 aliphatic rings. The largest absolute Gasteiger partial charge is 0.497 e. The van der Waals surface area contributed by atoms with E-state index in [1.165, 1.54) is 12.8 Å². The zero-order chi connectivity index (χ0) is 17.2. The fraction of sp³-hybridized carbons (Fsp3) is 0.444. The highest BCUT2D eigenvalue weighted by Gasteiger charge is 2.23. The molecule has 0 radical (unpaired) electrons. The highest BCUT2D eigenvalue weighted by atomic mass is 32.1. The molecule has 1 saturated heterocycles. The van der Waals surface area contributed by atoms with E-state index in [9.17, 15) is 0 Å². The second-order valence-electron chi connectivity index (χ2n) is 6.28. The number of benzene rings is 1. The number of nitrogens with zero attached hydrogens (tertiary/aromatic N) is 3. The predicted molar refractivity (Wildman–Crippen MR) is 101 cm³/mol. The Morgan fingerprint density at radius 1 is 1.36 bits per heavy atom. The molecule has 0 bridgehead atoms. The average molecular weight is 358 g/mol. The van der Waals surface area contributed by atoms with Gasteiger partial charge in [0.15, 0.2) is 5.58 Å². The molecule has 1 atom stereocenters. The molecule has 6 nitrogen and oxygen atoms in total. The van der Waals surface area contributed by atoms with Crippen LogP contribution in [0.5, 0.6) is 5.75 Å². The Morgan fingerprint density at radius 2 is 2.28 bits per heavy atom. The van der Waals surface area contributed by atoms with Crippen molar-refractivity contribution in [3.8, 4) is 16.3 Å². The van der Waals surface area contributed by atoms with Gasteiger partial charge in [-0.3, -0.25) is 0 Å². The Labute approximate surface area is 150 Å². The molecule has 4 rings (SSSR count). The van der Waals surface area contributed by atoms with E-state index in [-0.39, 0.29) is 0 Å². The van der Waals surface area contributed by atoms with Crippen molar-refractivity contribution in [3.05, 3.63) is 23.7 Å². The van der Waals surface area contributed by atoms with Gasteiger partial charge in [-0.05, 0) is 26.0 Å². The van der Waals surface area contributed by atoms with E-state index in [4.69, 9.17) is 14.1 Å². The molecule has 7 heteroatoms. The highest BCUT2D eigenvalue weighted by Crippen LogP contribution is 2.36. The van der Waals surface area contributed by atoms with Crippen molar-refractivity contribution in [2.24, 2.45) is 0 Å². The van der Waals surface area contributed by atoms with Crippen molar-refractivity contribution in [1.82, 2.24) is 15.3 Å². The number of hydrogen-bond acceptors (Lipinski definition) is 7. The summed E-state index contributed by atoms with van der Waals surface area (Å²) in [6.07, 6.45) is 5.36. The summed E-state index contributed by atoms with van der Waals surface area (Å²) in [6, 6.07) is 5.04. The molecule has 2 aromatic heterocycles. The SMILES string of the molecule is CNC1CCCCN(c2nc3cc(OC)cc(-c4nccs4)c3o2)C1. The summed E-state index contributed by atoms with van der Waals surface area (Å²) in [5.74, 6) is 0.765. The number of hydrogen-bond donors (Lipinski definition) is 1. The highest BCUT2D eigenvalue weighted by molar-refractivity contribution is 7.13. The first-order chi connectivity index (χ1) is 12.3. The standard InChI is InChI=1S/C18H22N4O2S/c1-19-12-5-3-4-7-22(11-12)18-21-15-10-13(23-2)9-14(16(15)24-18)17-20-6-8-25-17/h6,8-10,12,19H,3-5,7,11H2,1-2H3. The second-order valence-corrected chi connectivity index (χ2v) is 7.18. The van der Waals surface area contributed by atoms with Crippen molar-refractivity contribution in [3.63, 3.8) is 0 Å². The van der Waals surface area contributed by atoms with Gasteiger partial charge in [0.1, 0.15) is 16.3 Å². The lowest BCUT2D eigenvalue weighted by molar-refractivity contribution is 0.415. The smallest absolute Gasteiger partial charge is 0.298 e. The number of aromatic nitrogens is 2. The quantitative estimate of drug-likeness (QED) is 0.770. The second kappa shape index (κ2) is 7.01. The van der Waals surface area contributed by atoms with E-state index in [1.54, 1.807) is 24.6 Å². The molecule has 0 amide bonds. The van der Waals surface area contributed by atoms with Crippen LogP contribution in [0.2, 0.25) is 0 Å². The van der Waals surface area contributed by atoms with E-state index in [2.05, 4.69) is 15.2 Å². The first-order valence-corrected chi connectivity index (χ1v) is 9.47. The Kier molecular flexibility index (Phi) is 4.59. The van der Waals surface area contributed by atoms with Gasteiger partial charge in [-0.2, -0.15) is 4.98 Å². The van der Waals surface area contributed by atoms with Crippen molar-refractivity contribution in [2.75, 3.05) is 32.1 Å². The van der Waals surface area contributed by atoms with Crippen molar-refractivity contribution >= 4 is 28.5 Å². The fourth-order valence-corrected chi connectivity index (χ4v) is 3.97. The Bertz CT molecular complexity index is 846. The minimum Gasteiger partial charge on any atom is -0.497 e. The third-order valence-corrected chi connectivity index (χ3v) is 5.51. The number of oxazole rings is 1. The first-order valence-electron chi connectivity index (χ1n) is 8.59. The predicted octanol–water partition coefficient (Wildman–Crippen LogP) is 3.54. The molecule has 3 heterocycles. The average Bonchev–Trinajstić information content (AvgIpc) is 3.25. The molecule has 1 N–H and O–H groups in total. The number of rotatable bonds is 4. The number of ether oxygens (including phenoxy) is 1. The number of nitrogens with one attached hydrogen (secondary N) is 1. The van der Waals surface area contributed by atoms with E-state index < -0.39 is 0 Å². The van der Waals surface area contributed by atoms with Crippen LogP contribution in [0, 0.1) is 0 Å². The Morgan fingerprint density at radius 3 is 3.04 bits per heavy atom. The van der Waals surface area contributed by atoms with Crippen LogP contribution in [0.3, 0.4) is 0 Å². The van der Waals surface area contributed by atoms with Crippen LogP contribution >= 0.6 is 11.3 Å². The van der Waals surface area contributed by atoms with Crippen LogP contribution in [-0.2, 0) is 0 Å². The maximum absolute atomic E-state index is 6.21. The summed E-state index contributed by atoms with van der Waals surface area (Å²) < 4.78 is 11.7. The third kappa shape index (κ3) is 3.21. The maximum atomic E-state index is 6.21. The molecule has 0 aliphatic carbocycles. The van der Waals surface area contributed by atoms with Crippen LogP contribution < -0.4 is 15.0 Å². The summed E-state index contributed by atoms with van der Waals surface area (Å²) >= 11 is 1.58. The fourth-order valence-electron chi connectivity index (χ4n) is 3.32. The number of thiazole rings is 1. The van der Waals surface area contributed by atoms with Crippen LogP contribution in [0.15, 0.2) is 28.1 Å². The van der Waals surface area contributed by atoms with Gasteiger partial charge in [0, 0.05) is 36.8 Å². The van der Waals surface area contributed by atoms with E-state index in [0.29, 0.717) is 12.1 Å². The first kappa shape index (κ1) is 16.4. The molecule has 25 heavy (non-hydrogen) atoms. The van der Waals surface area contributed by atoms with Gasteiger partial charge in [0.25, 0.3) is 6.01 Å². The molecule has 1 aliphatic heterocycles. The lowest BCUT2D eigenvalue weighted by Crippen LogP contribution is -2.38. The maximum Gasteiger partial charge on any atom is 0.298 e. The topological polar surface area (TPSA) is 63.4 Å². The van der Waals surface area contributed by atoms with Crippen LogP contribution in [-0.4, -0.2) is 43.3 Å². The van der Waals surface area contributed by atoms with E-state index >= 15 is 0 Å².